The Morgan fingerprint density at radius 2 is 2.00 bits per heavy atom. The van der Waals surface area contributed by atoms with E-state index < -0.39 is 0 Å². The molecule has 0 radical (unpaired) electrons. The van der Waals surface area contributed by atoms with Gasteiger partial charge in [0.25, 0.3) is 0 Å². The van der Waals surface area contributed by atoms with Gasteiger partial charge in [-0.2, -0.15) is 4.98 Å². The summed E-state index contributed by atoms with van der Waals surface area (Å²) in [6.07, 6.45) is 4.10. The molecule has 19 heavy (non-hydrogen) atoms. The van der Waals surface area contributed by atoms with Crippen molar-refractivity contribution in [1.82, 2.24) is 10.1 Å². The number of rotatable bonds is 2. The molecule has 2 aromatic rings. The highest BCUT2D eigenvalue weighted by Crippen LogP contribution is 2.32. The van der Waals surface area contributed by atoms with Crippen LogP contribution in [0, 0.1) is 5.82 Å². The summed E-state index contributed by atoms with van der Waals surface area (Å²) >= 11 is 0. The molecule has 1 aromatic heterocycles. The van der Waals surface area contributed by atoms with Gasteiger partial charge in [0.15, 0.2) is 0 Å². The van der Waals surface area contributed by atoms with Crippen molar-refractivity contribution in [3.63, 3.8) is 0 Å². The third-order valence-corrected chi connectivity index (χ3v) is 3.61. The number of nitrogens with zero attached hydrogens (tertiary/aromatic N) is 2. The predicted octanol–water partition coefficient (Wildman–Crippen LogP) is 2.86. The van der Waals surface area contributed by atoms with Crippen molar-refractivity contribution < 1.29 is 8.91 Å². The molecule has 2 N–H and O–H groups in total. The van der Waals surface area contributed by atoms with Gasteiger partial charge in [0, 0.05) is 17.5 Å². The molecule has 0 saturated heterocycles. The molecule has 1 aliphatic rings. The number of nitrogens with two attached hydrogens (primary N) is 1. The molecule has 100 valence electrons. The van der Waals surface area contributed by atoms with Gasteiger partial charge in [-0.05, 0) is 43.5 Å². The summed E-state index contributed by atoms with van der Waals surface area (Å²) in [7, 11) is 0. The predicted molar refractivity (Wildman–Crippen MR) is 68.9 cm³/mol. The molecule has 0 spiro atoms. The fourth-order valence-corrected chi connectivity index (χ4v) is 2.57. The summed E-state index contributed by atoms with van der Waals surface area (Å²) in [5.74, 6) is 1.14. The average molecular weight is 261 g/mol. The zero-order valence-corrected chi connectivity index (χ0v) is 10.6. The summed E-state index contributed by atoms with van der Waals surface area (Å²) in [6.45, 7) is 0. The zero-order chi connectivity index (χ0) is 13.2. The van der Waals surface area contributed by atoms with Crippen molar-refractivity contribution in [2.24, 2.45) is 5.73 Å². The Hall–Kier alpha value is -1.75. The molecular formula is C14H16FN3O. The lowest BCUT2D eigenvalue weighted by Gasteiger charge is -2.23. The van der Waals surface area contributed by atoms with Crippen LogP contribution in [0.1, 0.15) is 37.5 Å². The number of hydrogen-bond donors (Lipinski definition) is 1. The molecule has 1 saturated carbocycles. The summed E-state index contributed by atoms with van der Waals surface area (Å²) in [4.78, 5) is 4.41. The Kier molecular flexibility index (Phi) is 3.29. The van der Waals surface area contributed by atoms with Gasteiger partial charge >= 0.3 is 0 Å². The van der Waals surface area contributed by atoms with Crippen molar-refractivity contribution in [3.8, 4) is 11.4 Å². The summed E-state index contributed by atoms with van der Waals surface area (Å²) in [5, 5.41) is 3.97. The van der Waals surface area contributed by atoms with Crippen molar-refractivity contribution in [1.29, 1.82) is 0 Å². The summed E-state index contributed by atoms with van der Waals surface area (Å²) < 4.78 is 18.2. The summed E-state index contributed by atoms with van der Waals surface area (Å²) in [6, 6.07) is 6.30. The minimum absolute atomic E-state index is 0.222. The van der Waals surface area contributed by atoms with E-state index >= 15 is 0 Å². The maximum Gasteiger partial charge on any atom is 0.230 e. The van der Waals surface area contributed by atoms with Crippen LogP contribution < -0.4 is 5.73 Å². The summed E-state index contributed by atoms with van der Waals surface area (Å²) in [5.41, 5.74) is 6.73. The molecular weight excluding hydrogens is 245 g/mol. The normalized spacial score (nSPS) is 23.5. The number of hydrogen-bond acceptors (Lipinski definition) is 4. The second kappa shape index (κ2) is 5.09. The highest BCUT2D eigenvalue weighted by Gasteiger charge is 2.25. The van der Waals surface area contributed by atoms with Crippen molar-refractivity contribution >= 4 is 0 Å². The van der Waals surface area contributed by atoms with Gasteiger partial charge in [0.2, 0.25) is 11.7 Å². The van der Waals surface area contributed by atoms with Gasteiger partial charge in [0.05, 0.1) is 0 Å². The highest BCUT2D eigenvalue weighted by atomic mass is 19.1. The van der Waals surface area contributed by atoms with Crippen LogP contribution in [0.25, 0.3) is 11.4 Å². The van der Waals surface area contributed by atoms with E-state index in [0.717, 1.165) is 31.2 Å². The first kappa shape index (κ1) is 12.3. The van der Waals surface area contributed by atoms with E-state index in [-0.39, 0.29) is 17.8 Å². The second-order valence-corrected chi connectivity index (χ2v) is 5.09. The van der Waals surface area contributed by atoms with E-state index in [9.17, 15) is 4.39 Å². The van der Waals surface area contributed by atoms with E-state index in [1.165, 1.54) is 12.1 Å². The van der Waals surface area contributed by atoms with E-state index in [0.29, 0.717) is 11.7 Å². The molecule has 1 heterocycles. The third kappa shape index (κ3) is 2.66. The number of aromatic nitrogens is 2. The van der Waals surface area contributed by atoms with Crippen molar-refractivity contribution in [2.75, 3.05) is 0 Å². The molecule has 0 amide bonds. The van der Waals surface area contributed by atoms with Crippen LogP contribution >= 0.6 is 0 Å². The standard InChI is InChI=1S/C14H16FN3O/c15-11-6-4-9(5-7-11)13-17-14(19-18-13)10-2-1-3-12(16)8-10/h4-7,10,12H,1-3,8,16H2. The molecule has 1 aliphatic carbocycles. The lowest BCUT2D eigenvalue weighted by Crippen LogP contribution is -2.26. The average Bonchev–Trinajstić information content (AvgIpc) is 2.89. The molecule has 5 heteroatoms. The first-order valence-corrected chi connectivity index (χ1v) is 6.57. The molecule has 0 aliphatic heterocycles. The van der Waals surface area contributed by atoms with Crippen molar-refractivity contribution in [2.45, 2.75) is 37.6 Å². The topological polar surface area (TPSA) is 64.9 Å². The first-order valence-electron chi connectivity index (χ1n) is 6.57. The van der Waals surface area contributed by atoms with Crippen molar-refractivity contribution in [3.05, 3.63) is 36.0 Å². The van der Waals surface area contributed by atoms with E-state index in [1.54, 1.807) is 12.1 Å². The van der Waals surface area contributed by atoms with Crippen LogP contribution in [0.2, 0.25) is 0 Å². The molecule has 1 aromatic carbocycles. The Bertz CT molecular complexity index is 552. The zero-order valence-electron chi connectivity index (χ0n) is 10.6. The van der Waals surface area contributed by atoms with Crippen LogP contribution in [-0.2, 0) is 0 Å². The highest BCUT2D eigenvalue weighted by molar-refractivity contribution is 5.53. The molecule has 0 bridgehead atoms. The lowest BCUT2D eigenvalue weighted by atomic mass is 9.86. The fourth-order valence-electron chi connectivity index (χ4n) is 2.57. The van der Waals surface area contributed by atoms with Gasteiger partial charge in [-0.3, -0.25) is 0 Å². The SMILES string of the molecule is NC1CCCC(c2nc(-c3ccc(F)cc3)no2)C1. The second-order valence-electron chi connectivity index (χ2n) is 5.09. The number of halogens is 1. The quantitative estimate of drug-likeness (QED) is 0.902. The van der Waals surface area contributed by atoms with Crippen LogP contribution in [-0.4, -0.2) is 16.2 Å². The smallest absolute Gasteiger partial charge is 0.230 e. The maximum atomic E-state index is 12.9. The Labute approximate surface area is 110 Å². The molecule has 2 atom stereocenters. The minimum Gasteiger partial charge on any atom is -0.339 e. The van der Waals surface area contributed by atoms with Gasteiger partial charge in [0.1, 0.15) is 5.82 Å². The van der Waals surface area contributed by atoms with Crippen LogP contribution in [0.15, 0.2) is 28.8 Å². The Balaban J connectivity index is 1.81. The minimum atomic E-state index is -0.272. The largest absolute Gasteiger partial charge is 0.339 e. The third-order valence-electron chi connectivity index (χ3n) is 3.61. The Morgan fingerprint density at radius 3 is 2.74 bits per heavy atom. The van der Waals surface area contributed by atoms with E-state index in [1.807, 2.05) is 0 Å². The maximum absolute atomic E-state index is 12.9. The van der Waals surface area contributed by atoms with E-state index in [2.05, 4.69) is 10.1 Å². The molecule has 4 nitrogen and oxygen atoms in total. The van der Waals surface area contributed by atoms with Gasteiger partial charge in [-0.1, -0.05) is 11.6 Å². The fraction of sp³-hybridized carbons (Fsp3) is 0.429. The first-order chi connectivity index (χ1) is 9.22. The Morgan fingerprint density at radius 1 is 1.21 bits per heavy atom. The molecule has 3 rings (SSSR count). The lowest BCUT2D eigenvalue weighted by molar-refractivity contribution is 0.299. The molecule has 1 fully saturated rings. The van der Waals surface area contributed by atoms with Gasteiger partial charge in [-0.25, -0.2) is 4.39 Å². The van der Waals surface area contributed by atoms with Crippen LogP contribution in [0.3, 0.4) is 0 Å². The number of benzene rings is 1. The van der Waals surface area contributed by atoms with E-state index in [4.69, 9.17) is 10.3 Å². The van der Waals surface area contributed by atoms with Crippen LogP contribution in [0.5, 0.6) is 0 Å². The van der Waals surface area contributed by atoms with Crippen LogP contribution in [0.4, 0.5) is 4.39 Å². The van der Waals surface area contributed by atoms with Gasteiger partial charge < -0.3 is 10.3 Å². The van der Waals surface area contributed by atoms with Gasteiger partial charge in [-0.15, -0.1) is 0 Å². The monoisotopic (exact) mass is 261 g/mol. The molecule has 2 unspecified atom stereocenters.